The molecule has 3 heteroatoms. The van der Waals surface area contributed by atoms with Crippen molar-refractivity contribution in [1.29, 1.82) is 0 Å². The van der Waals surface area contributed by atoms with Gasteiger partial charge in [0.15, 0.2) is 0 Å². The van der Waals surface area contributed by atoms with Crippen LogP contribution in [0.5, 0.6) is 0 Å². The average Bonchev–Trinajstić information content (AvgIpc) is 2.96. The number of aryl methyl sites for hydroxylation is 3. The molecule has 2 atom stereocenters. The number of benzene rings is 2. The molecule has 0 N–H and O–H groups in total. The van der Waals surface area contributed by atoms with Crippen LogP contribution in [0.25, 0.3) is 0 Å². The zero-order chi connectivity index (χ0) is 16.8. The molecule has 0 saturated carbocycles. The van der Waals surface area contributed by atoms with Gasteiger partial charge in [-0.3, -0.25) is 4.79 Å². The molecule has 1 aliphatic heterocycles. The highest BCUT2D eigenvalue weighted by atomic mass is 16.2. The Morgan fingerprint density at radius 3 is 2.50 bits per heavy atom. The lowest BCUT2D eigenvalue weighted by Crippen LogP contribution is -2.31. The zero-order valence-corrected chi connectivity index (χ0v) is 14.4. The third-order valence-electron chi connectivity index (χ3n) is 5.22. The Labute approximate surface area is 143 Å². The molecule has 2 unspecified atom stereocenters. The van der Waals surface area contributed by atoms with Crippen LogP contribution in [-0.4, -0.2) is 16.6 Å². The molecule has 0 saturated heterocycles. The van der Waals surface area contributed by atoms with E-state index in [4.69, 9.17) is 5.10 Å². The highest BCUT2D eigenvalue weighted by molar-refractivity contribution is 6.06. The van der Waals surface area contributed by atoms with E-state index in [2.05, 4.69) is 56.3 Å². The molecule has 0 radical (unpaired) electrons. The number of amides is 1. The summed E-state index contributed by atoms with van der Waals surface area (Å²) < 4.78 is 0. The summed E-state index contributed by atoms with van der Waals surface area (Å²) in [6.45, 7) is 5.81. The minimum atomic E-state index is 0.0108. The quantitative estimate of drug-likeness (QED) is 0.776. The number of hydrazone groups is 1. The van der Waals surface area contributed by atoms with Crippen LogP contribution in [0.15, 0.2) is 47.6 Å². The van der Waals surface area contributed by atoms with Gasteiger partial charge in [-0.05, 0) is 43.9 Å². The highest BCUT2D eigenvalue weighted by Crippen LogP contribution is 2.43. The topological polar surface area (TPSA) is 32.7 Å². The van der Waals surface area contributed by atoms with E-state index in [1.54, 1.807) is 11.9 Å². The fourth-order valence-electron chi connectivity index (χ4n) is 3.98. The van der Waals surface area contributed by atoms with Crippen LogP contribution in [0.2, 0.25) is 0 Å². The van der Waals surface area contributed by atoms with E-state index in [1.165, 1.54) is 27.8 Å². The molecule has 0 spiro atoms. The molecule has 2 aromatic rings. The van der Waals surface area contributed by atoms with Crippen molar-refractivity contribution in [3.8, 4) is 0 Å². The maximum Gasteiger partial charge on any atom is 0.240 e. The third-order valence-corrected chi connectivity index (χ3v) is 5.22. The maximum atomic E-state index is 12.2. The summed E-state index contributed by atoms with van der Waals surface area (Å²) >= 11 is 0. The fourth-order valence-corrected chi connectivity index (χ4v) is 3.98. The SMILES string of the molecule is CC(=O)N1N=C2c3cc(C)ccc3CCC2C1c1ccc(C)cc1. The van der Waals surface area contributed by atoms with E-state index < -0.39 is 0 Å². The number of carbonyl (C=O) groups excluding carboxylic acids is 1. The van der Waals surface area contributed by atoms with Crippen LogP contribution < -0.4 is 0 Å². The van der Waals surface area contributed by atoms with Gasteiger partial charge in [-0.1, -0.05) is 47.5 Å². The van der Waals surface area contributed by atoms with E-state index in [0.29, 0.717) is 0 Å². The van der Waals surface area contributed by atoms with Crippen molar-refractivity contribution < 1.29 is 4.79 Å². The van der Waals surface area contributed by atoms with Crippen molar-refractivity contribution in [3.63, 3.8) is 0 Å². The smallest absolute Gasteiger partial charge is 0.240 e. The number of hydrogen-bond acceptors (Lipinski definition) is 2. The van der Waals surface area contributed by atoms with Crippen LogP contribution in [0.1, 0.15) is 47.2 Å². The Kier molecular flexibility index (Phi) is 3.52. The lowest BCUT2D eigenvalue weighted by atomic mass is 9.77. The number of nitrogens with zero attached hydrogens (tertiary/aromatic N) is 2. The summed E-state index contributed by atoms with van der Waals surface area (Å²) in [7, 11) is 0. The second kappa shape index (κ2) is 5.59. The first-order chi connectivity index (χ1) is 11.5. The number of rotatable bonds is 1. The molecule has 4 rings (SSSR count). The van der Waals surface area contributed by atoms with Crippen LogP contribution >= 0.6 is 0 Å². The van der Waals surface area contributed by atoms with Gasteiger partial charge in [0.1, 0.15) is 0 Å². The molecule has 3 nitrogen and oxygen atoms in total. The molecule has 24 heavy (non-hydrogen) atoms. The monoisotopic (exact) mass is 318 g/mol. The second-order valence-electron chi connectivity index (χ2n) is 7.01. The Morgan fingerprint density at radius 2 is 1.79 bits per heavy atom. The van der Waals surface area contributed by atoms with Crippen LogP contribution in [-0.2, 0) is 11.2 Å². The van der Waals surface area contributed by atoms with E-state index in [9.17, 15) is 4.79 Å². The lowest BCUT2D eigenvalue weighted by Gasteiger charge is -2.29. The Hall–Kier alpha value is -2.42. The van der Waals surface area contributed by atoms with Crippen molar-refractivity contribution in [2.75, 3.05) is 0 Å². The van der Waals surface area contributed by atoms with Gasteiger partial charge in [0.2, 0.25) is 5.91 Å². The first-order valence-electron chi connectivity index (χ1n) is 8.59. The molecular formula is C21H22N2O. The predicted octanol–water partition coefficient (Wildman–Crippen LogP) is 4.17. The minimum Gasteiger partial charge on any atom is -0.273 e. The summed E-state index contributed by atoms with van der Waals surface area (Å²) in [5.41, 5.74) is 7.31. The molecular weight excluding hydrogens is 296 g/mol. The van der Waals surface area contributed by atoms with Gasteiger partial charge in [0.05, 0.1) is 11.8 Å². The van der Waals surface area contributed by atoms with E-state index in [0.717, 1.165) is 18.6 Å². The maximum absolute atomic E-state index is 12.2. The van der Waals surface area contributed by atoms with Gasteiger partial charge in [0.25, 0.3) is 0 Å². The van der Waals surface area contributed by atoms with Crippen molar-refractivity contribution >= 4 is 11.6 Å². The first kappa shape index (κ1) is 15.1. The zero-order valence-electron chi connectivity index (χ0n) is 14.4. The van der Waals surface area contributed by atoms with Crippen molar-refractivity contribution in [1.82, 2.24) is 5.01 Å². The summed E-state index contributed by atoms with van der Waals surface area (Å²) in [4.78, 5) is 12.2. The van der Waals surface area contributed by atoms with Gasteiger partial charge in [-0.25, -0.2) is 5.01 Å². The van der Waals surface area contributed by atoms with Gasteiger partial charge >= 0.3 is 0 Å². The van der Waals surface area contributed by atoms with Gasteiger partial charge in [0, 0.05) is 18.4 Å². The van der Waals surface area contributed by atoms with Gasteiger partial charge in [-0.15, -0.1) is 0 Å². The summed E-state index contributed by atoms with van der Waals surface area (Å²) in [6.07, 6.45) is 2.09. The molecule has 0 aromatic heterocycles. The third kappa shape index (κ3) is 2.35. The largest absolute Gasteiger partial charge is 0.273 e. The predicted molar refractivity (Wildman–Crippen MR) is 96.0 cm³/mol. The second-order valence-corrected chi connectivity index (χ2v) is 7.01. The normalized spacial score (nSPS) is 22.0. The number of fused-ring (bicyclic) bond motifs is 3. The standard InChI is InChI=1S/C21H22N2O/c1-13-4-8-17(9-5-13)21-18-11-10-16-7-6-14(2)12-19(16)20(18)22-23(21)15(3)24/h4-9,12,18,21H,10-11H2,1-3H3. The van der Waals surface area contributed by atoms with Crippen molar-refractivity contribution in [3.05, 3.63) is 70.3 Å². The summed E-state index contributed by atoms with van der Waals surface area (Å²) in [6, 6.07) is 15.1. The summed E-state index contributed by atoms with van der Waals surface area (Å²) in [5, 5.41) is 6.47. The Morgan fingerprint density at radius 1 is 1.08 bits per heavy atom. The van der Waals surface area contributed by atoms with E-state index >= 15 is 0 Å². The first-order valence-corrected chi connectivity index (χ1v) is 8.59. The number of carbonyl (C=O) groups is 1. The molecule has 1 heterocycles. The average molecular weight is 318 g/mol. The van der Waals surface area contributed by atoms with E-state index in [-0.39, 0.29) is 17.9 Å². The minimum absolute atomic E-state index is 0.0108. The summed E-state index contributed by atoms with van der Waals surface area (Å²) in [5.74, 6) is 0.294. The van der Waals surface area contributed by atoms with Crippen molar-refractivity contribution in [2.24, 2.45) is 11.0 Å². The van der Waals surface area contributed by atoms with E-state index in [1.807, 2.05) is 0 Å². The molecule has 0 bridgehead atoms. The van der Waals surface area contributed by atoms with Crippen LogP contribution in [0.4, 0.5) is 0 Å². The highest BCUT2D eigenvalue weighted by Gasteiger charge is 2.42. The Balaban J connectivity index is 1.81. The van der Waals surface area contributed by atoms with Crippen LogP contribution in [0, 0.1) is 19.8 Å². The lowest BCUT2D eigenvalue weighted by molar-refractivity contribution is -0.131. The van der Waals surface area contributed by atoms with Crippen molar-refractivity contribution in [2.45, 2.75) is 39.7 Å². The number of hydrogen-bond donors (Lipinski definition) is 0. The molecule has 2 aliphatic rings. The molecule has 1 aliphatic carbocycles. The van der Waals surface area contributed by atoms with Gasteiger partial charge in [-0.2, -0.15) is 5.10 Å². The van der Waals surface area contributed by atoms with Gasteiger partial charge < -0.3 is 0 Å². The Bertz CT molecular complexity index is 835. The van der Waals surface area contributed by atoms with Crippen LogP contribution in [0.3, 0.4) is 0 Å². The molecule has 2 aromatic carbocycles. The molecule has 1 amide bonds. The molecule has 122 valence electrons. The molecule has 0 fully saturated rings. The fraction of sp³-hybridized carbons (Fsp3) is 0.333.